The van der Waals surface area contributed by atoms with Crippen LogP contribution in [0.15, 0.2) is 22.8 Å². The van der Waals surface area contributed by atoms with Crippen molar-refractivity contribution in [3.8, 4) is 0 Å². The molecule has 0 spiro atoms. The number of nitrogens with one attached hydrogen (secondary N) is 2. The summed E-state index contributed by atoms with van der Waals surface area (Å²) in [7, 11) is 0. The molecule has 2 fully saturated rings. The molecule has 19 heavy (non-hydrogen) atoms. The molecular weight excluding hydrogens is 240 g/mol. The lowest BCUT2D eigenvalue weighted by molar-refractivity contribution is -0.123. The zero-order valence-corrected chi connectivity index (χ0v) is 11.4. The number of carbonyl (C=O) groups is 1. The Bertz CT molecular complexity index is 415. The van der Waals surface area contributed by atoms with E-state index in [0.29, 0.717) is 12.0 Å². The maximum Gasteiger partial charge on any atom is 0.237 e. The van der Waals surface area contributed by atoms with Gasteiger partial charge in [0.05, 0.1) is 18.3 Å². The number of hydrogen-bond donors (Lipinski definition) is 2. The SMILES string of the molecule is C[C@@H](NC(=O)C1CC2CCCCC2N1)c1ccco1. The maximum absolute atomic E-state index is 12.3. The summed E-state index contributed by atoms with van der Waals surface area (Å²) in [5.41, 5.74) is 0. The molecule has 0 radical (unpaired) electrons. The highest BCUT2D eigenvalue weighted by Crippen LogP contribution is 2.33. The largest absolute Gasteiger partial charge is 0.467 e. The van der Waals surface area contributed by atoms with Crippen molar-refractivity contribution in [2.75, 3.05) is 0 Å². The van der Waals surface area contributed by atoms with Crippen LogP contribution in [0.25, 0.3) is 0 Å². The second-order valence-corrected chi connectivity index (χ2v) is 5.85. The molecule has 4 heteroatoms. The van der Waals surface area contributed by atoms with Gasteiger partial charge in [-0.2, -0.15) is 0 Å². The molecule has 3 rings (SSSR count). The van der Waals surface area contributed by atoms with Crippen LogP contribution in [-0.2, 0) is 4.79 Å². The first-order valence-electron chi connectivity index (χ1n) is 7.34. The van der Waals surface area contributed by atoms with Gasteiger partial charge in [-0.3, -0.25) is 4.79 Å². The van der Waals surface area contributed by atoms with Crippen molar-refractivity contribution >= 4 is 5.91 Å². The third-order valence-electron chi connectivity index (χ3n) is 4.51. The minimum absolute atomic E-state index is 0.0227. The van der Waals surface area contributed by atoms with Crippen LogP contribution in [-0.4, -0.2) is 18.0 Å². The molecule has 0 bridgehead atoms. The highest BCUT2D eigenvalue weighted by atomic mass is 16.3. The summed E-state index contributed by atoms with van der Waals surface area (Å²) in [5.74, 6) is 1.62. The van der Waals surface area contributed by atoms with Crippen molar-refractivity contribution in [3.05, 3.63) is 24.2 Å². The van der Waals surface area contributed by atoms with E-state index in [-0.39, 0.29) is 18.0 Å². The van der Waals surface area contributed by atoms with E-state index in [4.69, 9.17) is 4.42 Å². The highest BCUT2D eigenvalue weighted by molar-refractivity contribution is 5.82. The first-order chi connectivity index (χ1) is 9.24. The van der Waals surface area contributed by atoms with Gasteiger partial charge < -0.3 is 15.1 Å². The third-order valence-corrected chi connectivity index (χ3v) is 4.51. The minimum atomic E-state index is -0.0630. The molecule has 4 nitrogen and oxygen atoms in total. The molecule has 3 unspecified atom stereocenters. The first kappa shape index (κ1) is 12.7. The normalized spacial score (nSPS) is 31.7. The molecule has 104 valence electrons. The van der Waals surface area contributed by atoms with Gasteiger partial charge in [0.2, 0.25) is 5.91 Å². The van der Waals surface area contributed by atoms with Gasteiger partial charge in [0.15, 0.2) is 0 Å². The van der Waals surface area contributed by atoms with Crippen molar-refractivity contribution in [1.82, 2.24) is 10.6 Å². The molecule has 2 N–H and O–H groups in total. The summed E-state index contributed by atoms with van der Waals surface area (Å²) >= 11 is 0. The Morgan fingerprint density at radius 3 is 3.05 bits per heavy atom. The number of fused-ring (bicyclic) bond motifs is 1. The number of furan rings is 1. The van der Waals surface area contributed by atoms with Crippen molar-refractivity contribution in [3.63, 3.8) is 0 Å². The molecule has 1 aliphatic heterocycles. The summed E-state index contributed by atoms with van der Waals surface area (Å²) < 4.78 is 5.32. The minimum Gasteiger partial charge on any atom is -0.467 e. The van der Waals surface area contributed by atoms with E-state index in [1.807, 2.05) is 19.1 Å². The Morgan fingerprint density at radius 1 is 1.47 bits per heavy atom. The lowest BCUT2D eigenvalue weighted by Crippen LogP contribution is -2.43. The van der Waals surface area contributed by atoms with Gasteiger partial charge in [-0.15, -0.1) is 0 Å². The molecule has 1 aromatic heterocycles. The molecule has 0 aromatic carbocycles. The van der Waals surface area contributed by atoms with Gasteiger partial charge in [-0.05, 0) is 44.2 Å². The molecule has 1 saturated heterocycles. The van der Waals surface area contributed by atoms with Crippen LogP contribution in [0.3, 0.4) is 0 Å². The molecule has 1 amide bonds. The molecule has 2 aliphatic rings. The Balaban J connectivity index is 1.56. The average Bonchev–Trinajstić information content (AvgIpc) is 3.07. The zero-order valence-electron chi connectivity index (χ0n) is 11.4. The predicted octanol–water partition coefficient (Wildman–Crippen LogP) is 2.38. The zero-order chi connectivity index (χ0) is 13.2. The van der Waals surface area contributed by atoms with Crippen LogP contribution in [0.5, 0.6) is 0 Å². The summed E-state index contributed by atoms with van der Waals surface area (Å²) in [6.45, 7) is 1.96. The van der Waals surface area contributed by atoms with E-state index < -0.39 is 0 Å². The summed E-state index contributed by atoms with van der Waals surface area (Å²) in [4.78, 5) is 12.3. The molecule has 4 atom stereocenters. The van der Waals surface area contributed by atoms with Crippen molar-refractivity contribution in [1.29, 1.82) is 0 Å². The van der Waals surface area contributed by atoms with E-state index >= 15 is 0 Å². The molecular formula is C15H22N2O2. The number of amides is 1. The summed E-state index contributed by atoms with van der Waals surface area (Å²) in [6, 6.07) is 4.22. The fraction of sp³-hybridized carbons (Fsp3) is 0.667. The third kappa shape index (κ3) is 2.68. The Morgan fingerprint density at radius 2 is 2.32 bits per heavy atom. The lowest BCUT2D eigenvalue weighted by Gasteiger charge is -2.24. The molecule has 1 aliphatic carbocycles. The fourth-order valence-electron chi connectivity index (χ4n) is 3.44. The monoisotopic (exact) mass is 262 g/mol. The molecule has 1 saturated carbocycles. The van der Waals surface area contributed by atoms with E-state index in [2.05, 4.69) is 10.6 Å². The summed E-state index contributed by atoms with van der Waals surface area (Å²) in [5, 5.41) is 6.54. The van der Waals surface area contributed by atoms with Gasteiger partial charge in [0.1, 0.15) is 5.76 Å². The van der Waals surface area contributed by atoms with Crippen molar-refractivity contribution < 1.29 is 9.21 Å². The van der Waals surface area contributed by atoms with Gasteiger partial charge in [0, 0.05) is 6.04 Å². The quantitative estimate of drug-likeness (QED) is 0.879. The number of rotatable bonds is 3. The van der Waals surface area contributed by atoms with Crippen LogP contribution in [0.1, 0.15) is 50.8 Å². The van der Waals surface area contributed by atoms with E-state index in [1.165, 1.54) is 25.7 Å². The smallest absolute Gasteiger partial charge is 0.237 e. The van der Waals surface area contributed by atoms with E-state index in [0.717, 1.165) is 12.2 Å². The molecule has 1 aromatic rings. The second-order valence-electron chi connectivity index (χ2n) is 5.85. The summed E-state index contributed by atoms with van der Waals surface area (Å²) in [6.07, 6.45) is 7.74. The van der Waals surface area contributed by atoms with Crippen LogP contribution in [0.2, 0.25) is 0 Å². The van der Waals surface area contributed by atoms with Gasteiger partial charge in [0.25, 0.3) is 0 Å². The second kappa shape index (κ2) is 5.37. The number of hydrogen-bond acceptors (Lipinski definition) is 3. The van der Waals surface area contributed by atoms with Gasteiger partial charge in [-0.25, -0.2) is 0 Å². The highest BCUT2D eigenvalue weighted by Gasteiger charge is 2.38. The first-order valence-corrected chi connectivity index (χ1v) is 7.34. The maximum atomic E-state index is 12.3. The van der Waals surface area contributed by atoms with Crippen LogP contribution in [0.4, 0.5) is 0 Å². The van der Waals surface area contributed by atoms with Crippen LogP contribution >= 0.6 is 0 Å². The number of carbonyl (C=O) groups excluding carboxylic acids is 1. The van der Waals surface area contributed by atoms with Crippen LogP contribution in [0, 0.1) is 5.92 Å². The van der Waals surface area contributed by atoms with Crippen LogP contribution < -0.4 is 10.6 Å². The predicted molar refractivity (Wildman–Crippen MR) is 72.6 cm³/mol. The van der Waals surface area contributed by atoms with Gasteiger partial charge in [-0.1, -0.05) is 12.8 Å². The van der Waals surface area contributed by atoms with E-state index in [9.17, 15) is 4.79 Å². The Labute approximate surface area is 113 Å². The fourth-order valence-corrected chi connectivity index (χ4v) is 3.44. The van der Waals surface area contributed by atoms with Gasteiger partial charge >= 0.3 is 0 Å². The lowest BCUT2D eigenvalue weighted by atomic mass is 9.85. The molecule has 2 heterocycles. The Kier molecular flexibility index (Phi) is 3.60. The van der Waals surface area contributed by atoms with Crippen molar-refractivity contribution in [2.24, 2.45) is 5.92 Å². The topological polar surface area (TPSA) is 54.3 Å². The Hall–Kier alpha value is -1.29. The average molecular weight is 262 g/mol. The van der Waals surface area contributed by atoms with E-state index in [1.54, 1.807) is 6.26 Å². The standard InChI is InChI=1S/C15H22N2O2/c1-10(14-7-4-8-19-14)16-15(18)13-9-11-5-2-3-6-12(11)17-13/h4,7-8,10-13,17H,2-3,5-6,9H2,1H3,(H,16,18)/t10-,11?,12?,13?/m1/s1. The van der Waals surface area contributed by atoms with Crippen molar-refractivity contribution in [2.45, 2.75) is 57.2 Å².